The summed E-state index contributed by atoms with van der Waals surface area (Å²) in [7, 11) is 0.0706. The number of hydrogen-bond acceptors (Lipinski definition) is 5. The van der Waals surface area contributed by atoms with E-state index in [4.69, 9.17) is 11.6 Å². The van der Waals surface area contributed by atoms with E-state index in [9.17, 15) is 8.42 Å². The van der Waals surface area contributed by atoms with Crippen LogP contribution in [0.4, 0.5) is 5.82 Å². The lowest BCUT2D eigenvalue weighted by Crippen LogP contribution is -2.25. The maximum Gasteiger partial charge on any atom is 0.241 e. The molecule has 1 N–H and O–H groups in total. The van der Waals surface area contributed by atoms with Gasteiger partial charge < -0.3 is 4.90 Å². The van der Waals surface area contributed by atoms with Crippen molar-refractivity contribution in [3.05, 3.63) is 46.9 Å². The molecule has 0 unspecified atom stereocenters. The van der Waals surface area contributed by atoms with Gasteiger partial charge in [-0.2, -0.15) is 0 Å². The molecule has 2 rings (SSSR count). The molecule has 8 heteroatoms. The first-order valence-corrected chi connectivity index (χ1v) is 8.41. The summed E-state index contributed by atoms with van der Waals surface area (Å²) in [5.74, 6) is 1.14. The van der Waals surface area contributed by atoms with Crippen LogP contribution in [0, 0.1) is 6.92 Å². The first kappa shape index (κ1) is 16.7. The molecule has 0 aliphatic heterocycles. The second kappa shape index (κ2) is 6.60. The molecule has 1 aromatic heterocycles. The van der Waals surface area contributed by atoms with Crippen molar-refractivity contribution in [2.24, 2.45) is 0 Å². The first-order chi connectivity index (χ1) is 10.3. The zero-order chi connectivity index (χ0) is 16.3. The lowest BCUT2D eigenvalue weighted by Gasteiger charge is -2.13. The number of aryl methyl sites for hydroxylation is 1. The van der Waals surface area contributed by atoms with E-state index in [2.05, 4.69) is 14.7 Å². The molecule has 0 bridgehead atoms. The van der Waals surface area contributed by atoms with Crippen LogP contribution in [0.1, 0.15) is 11.5 Å². The highest BCUT2D eigenvalue weighted by Crippen LogP contribution is 2.16. The topological polar surface area (TPSA) is 75.2 Å². The van der Waals surface area contributed by atoms with Gasteiger partial charge in [0, 0.05) is 30.9 Å². The number of rotatable bonds is 5. The number of aromatic nitrogens is 2. The quantitative estimate of drug-likeness (QED) is 0.900. The van der Waals surface area contributed by atoms with E-state index in [1.54, 1.807) is 12.1 Å². The average Bonchev–Trinajstić information content (AvgIpc) is 2.45. The van der Waals surface area contributed by atoms with Gasteiger partial charge in [0.15, 0.2) is 0 Å². The second-order valence-electron chi connectivity index (χ2n) is 4.96. The lowest BCUT2D eigenvalue weighted by molar-refractivity contribution is 0.579. The molecular formula is C14H17ClN4O2S. The van der Waals surface area contributed by atoms with Gasteiger partial charge in [0.1, 0.15) is 11.6 Å². The molecule has 0 aliphatic rings. The fourth-order valence-electron chi connectivity index (χ4n) is 1.80. The fraction of sp³-hybridized carbons (Fsp3) is 0.286. The third-order valence-corrected chi connectivity index (χ3v) is 4.51. The Morgan fingerprint density at radius 3 is 2.59 bits per heavy atom. The minimum atomic E-state index is -3.65. The Kier molecular flexibility index (Phi) is 5.00. The smallest absolute Gasteiger partial charge is 0.241 e. The Hall–Kier alpha value is -1.70. The van der Waals surface area contributed by atoms with Crippen LogP contribution in [0.5, 0.6) is 0 Å². The molecule has 0 atom stereocenters. The van der Waals surface area contributed by atoms with Crippen molar-refractivity contribution in [2.75, 3.05) is 19.0 Å². The Balaban J connectivity index is 2.19. The zero-order valence-corrected chi connectivity index (χ0v) is 14.1. The molecule has 1 aromatic carbocycles. The van der Waals surface area contributed by atoms with Gasteiger partial charge >= 0.3 is 0 Å². The number of hydrogen-bond donors (Lipinski definition) is 1. The van der Waals surface area contributed by atoms with Crippen LogP contribution in [0.25, 0.3) is 0 Å². The highest BCUT2D eigenvalue weighted by molar-refractivity contribution is 7.89. The van der Waals surface area contributed by atoms with Crippen molar-refractivity contribution in [2.45, 2.75) is 18.4 Å². The number of halogens is 1. The number of sulfonamides is 1. The van der Waals surface area contributed by atoms with E-state index in [-0.39, 0.29) is 11.4 Å². The van der Waals surface area contributed by atoms with Crippen molar-refractivity contribution in [3.8, 4) is 0 Å². The second-order valence-corrected chi connectivity index (χ2v) is 7.16. The highest BCUT2D eigenvalue weighted by atomic mass is 35.5. The third kappa shape index (κ3) is 4.16. The Labute approximate surface area is 135 Å². The Morgan fingerprint density at radius 2 is 1.95 bits per heavy atom. The number of nitrogens with one attached hydrogen (secondary N) is 1. The van der Waals surface area contributed by atoms with Crippen LogP contribution in [0.2, 0.25) is 5.02 Å². The van der Waals surface area contributed by atoms with Crippen molar-refractivity contribution in [1.82, 2.24) is 14.7 Å². The summed E-state index contributed by atoms with van der Waals surface area (Å²) in [6, 6.07) is 7.91. The summed E-state index contributed by atoms with van der Waals surface area (Å²) in [6.45, 7) is 1.85. The summed E-state index contributed by atoms with van der Waals surface area (Å²) in [4.78, 5) is 10.5. The normalized spacial score (nSPS) is 11.5. The van der Waals surface area contributed by atoms with Gasteiger partial charge in [-0.25, -0.2) is 23.1 Å². The van der Waals surface area contributed by atoms with Crippen LogP contribution >= 0.6 is 11.6 Å². The van der Waals surface area contributed by atoms with Gasteiger partial charge in [-0.1, -0.05) is 17.7 Å². The van der Waals surface area contributed by atoms with E-state index in [1.807, 2.05) is 32.0 Å². The molecule has 0 radical (unpaired) electrons. The minimum Gasteiger partial charge on any atom is -0.363 e. The monoisotopic (exact) mass is 340 g/mol. The molecule has 0 saturated heterocycles. The zero-order valence-electron chi connectivity index (χ0n) is 12.5. The van der Waals surface area contributed by atoms with Gasteiger partial charge in [-0.05, 0) is 25.1 Å². The van der Waals surface area contributed by atoms with Crippen LogP contribution < -0.4 is 9.62 Å². The summed E-state index contributed by atoms with van der Waals surface area (Å²) >= 11 is 5.82. The van der Waals surface area contributed by atoms with E-state index in [0.717, 1.165) is 11.5 Å². The molecule has 0 fully saturated rings. The molecule has 0 spiro atoms. The average molecular weight is 341 g/mol. The molecule has 0 aliphatic carbocycles. The van der Waals surface area contributed by atoms with Crippen LogP contribution in [0.15, 0.2) is 35.2 Å². The highest BCUT2D eigenvalue weighted by Gasteiger charge is 2.15. The van der Waals surface area contributed by atoms with Crippen molar-refractivity contribution < 1.29 is 8.42 Å². The molecule has 0 amide bonds. The SMILES string of the molecule is Cc1cc(N(C)C)nc(CNS(=O)(=O)c2cccc(Cl)c2)n1. The van der Waals surface area contributed by atoms with E-state index < -0.39 is 10.0 Å². The third-order valence-electron chi connectivity index (χ3n) is 2.87. The van der Waals surface area contributed by atoms with Crippen LogP contribution in [0.3, 0.4) is 0 Å². The number of benzene rings is 1. The molecule has 22 heavy (non-hydrogen) atoms. The summed E-state index contributed by atoms with van der Waals surface area (Å²) in [5.41, 5.74) is 0.774. The standard InChI is InChI=1S/C14H17ClN4O2S/c1-10-7-14(19(2)3)18-13(17-10)9-16-22(20,21)12-6-4-5-11(15)8-12/h4-8,16H,9H2,1-3H3. The van der Waals surface area contributed by atoms with E-state index in [1.165, 1.54) is 12.1 Å². The van der Waals surface area contributed by atoms with E-state index in [0.29, 0.717) is 10.8 Å². The molecule has 0 saturated carbocycles. The summed E-state index contributed by atoms with van der Waals surface area (Å²) < 4.78 is 26.9. The van der Waals surface area contributed by atoms with Crippen molar-refractivity contribution in [3.63, 3.8) is 0 Å². The van der Waals surface area contributed by atoms with E-state index >= 15 is 0 Å². The molecule has 6 nitrogen and oxygen atoms in total. The fourth-order valence-corrected chi connectivity index (χ4v) is 3.08. The first-order valence-electron chi connectivity index (χ1n) is 6.55. The molecule has 1 heterocycles. The predicted octanol–water partition coefficient (Wildman–Crippen LogP) is 1.98. The van der Waals surface area contributed by atoms with Crippen molar-refractivity contribution >= 4 is 27.4 Å². The lowest BCUT2D eigenvalue weighted by atomic mass is 10.4. The Bertz CT molecular complexity index is 778. The van der Waals surface area contributed by atoms with Gasteiger partial charge in [0.25, 0.3) is 0 Å². The Morgan fingerprint density at radius 1 is 1.23 bits per heavy atom. The molecular weight excluding hydrogens is 324 g/mol. The maximum atomic E-state index is 12.2. The van der Waals surface area contributed by atoms with Gasteiger partial charge in [0.2, 0.25) is 10.0 Å². The summed E-state index contributed by atoms with van der Waals surface area (Å²) in [5, 5.41) is 0.365. The summed E-state index contributed by atoms with van der Waals surface area (Å²) in [6.07, 6.45) is 0. The van der Waals surface area contributed by atoms with Gasteiger partial charge in [-0.15, -0.1) is 0 Å². The van der Waals surface area contributed by atoms with Gasteiger partial charge in [0.05, 0.1) is 11.4 Å². The number of nitrogens with zero attached hydrogens (tertiary/aromatic N) is 3. The maximum absolute atomic E-state index is 12.2. The number of anilines is 1. The minimum absolute atomic E-state index is 0.0113. The molecule has 118 valence electrons. The largest absolute Gasteiger partial charge is 0.363 e. The van der Waals surface area contributed by atoms with Crippen LogP contribution in [-0.4, -0.2) is 32.5 Å². The predicted molar refractivity (Wildman–Crippen MR) is 86.6 cm³/mol. The van der Waals surface area contributed by atoms with Crippen LogP contribution in [-0.2, 0) is 16.6 Å². The molecule has 2 aromatic rings. The van der Waals surface area contributed by atoms with Crippen molar-refractivity contribution in [1.29, 1.82) is 0 Å². The van der Waals surface area contributed by atoms with Gasteiger partial charge in [-0.3, -0.25) is 0 Å².